The van der Waals surface area contributed by atoms with Gasteiger partial charge in [0.15, 0.2) is 23.3 Å². The van der Waals surface area contributed by atoms with Crippen molar-refractivity contribution in [2.24, 2.45) is 0 Å². The van der Waals surface area contributed by atoms with Gasteiger partial charge in [-0.1, -0.05) is 121 Å². The number of hydrogen-bond donors (Lipinski definition) is 0. The van der Waals surface area contributed by atoms with Crippen LogP contribution in [0.2, 0.25) is 0 Å². The molecule has 4 aromatic heterocycles. The summed E-state index contributed by atoms with van der Waals surface area (Å²) in [5.41, 5.74) is 7.74. The molecule has 0 radical (unpaired) electrons. The molecular weight excluding hydrogens is 874 g/mol. The van der Waals surface area contributed by atoms with Gasteiger partial charge in [0, 0.05) is 50.6 Å². The van der Waals surface area contributed by atoms with Crippen LogP contribution in [-0.2, 0) is 0 Å². The summed E-state index contributed by atoms with van der Waals surface area (Å²) in [6.45, 7) is 0. The molecule has 69 heavy (non-hydrogen) atoms. The molecule has 0 unspecified atom stereocenters. The SMILES string of the molecule is N#Cc1c(-n2c3ccccc3c3ccc(-c4ccnc(-c5ccccc5)c4)cc32)ccc(-c2c(F)c(F)c(F)c(F)c2F)c1-n1c2ccccc2c2ccc(-c3ccnc(-c4ccccc4)c3)cc21. The summed E-state index contributed by atoms with van der Waals surface area (Å²) in [6.07, 6.45) is 3.47. The van der Waals surface area contributed by atoms with Gasteiger partial charge in [0.25, 0.3) is 0 Å². The fourth-order valence-corrected chi connectivity index (χ4v) is 9.71. The maximum atomic E-state index is 16.3. The number of nitrogens with zero attached hydrogens (tertiary/aromatic N) is 5. The van der Waals surface area contributed by atoms with E-state index in [-0.39, 0.29) is 16.8 Å². The molecule has 0 aliphatic carbocycles. The van der Waals surface area contributed by atoms with E-state index >= 15 is 17.6 Å². The fraction of sp³-hybridized carbons (Fsp3) is 0. The van der Waals surface area contributed by atoms with Gasteiger partial charge in [0.2, 0.25) is 5.82 Å². The molecule has 0 aliphatic heterocycles. The standard InChI is InChI=1S/C59H32F5N5/c60-54-53(55(61)57(63)58(64)56(54)62)44-23-24-50(68-48-17-9-7-15-40(48)42-21-19-36(31-51(42)68)38-25-27-66-46(29-38)34-11-3-1-4-12-34)45(33-65)59(44)69-49-18-10-8-16-41(49)43-22-20-37(32-52(43)69)39-26-28-67-47(30-39)35-13-5-2-6-14-35/h1-32H. The summed E-state index contributed by atoms with van der Waals surface area (Å²) in [4.78, 5) is 9.24. The number of halogens is 5. The molecule has 0 saturated heterocycles. The number of hydrogen-bond acceptors (Lipinski definition) is 3. The van der Waals surface area contributed by atoms with E-state index in [1.807, 2.05) is 162 Å². The highest BCUT2D eigenvalue weighted by atomic mass is 19.2. The van der Waals surface area contributed by atoms with Crippen LogP contribution < -0.4 is 0 Å². The van der Waals surface area contributed by atoms with Gasteiger partial charge < -0.3 is 9.13 Å². The molecule has 0 bridgehead atoms. The van der Waals surface area contributed by atoms with Gasteiger partial charge in [-0.05, 0) is 82.9 Å². The topological polar surface area (TPSA) is 59.4 Å². The molecule has 0 spiro atoms. The Bertz CT molecular complexity index is 4070. The monoisotopic (exact) mass is 905 g/mol. The van der Waals surface area contributed by atoms with E-state index in [9.17, 15) is 9.65 Å². The summed E-state index contributed by atoms with van der Waals surface area (Å²) < 4.78 is 81.8. The molecular formula is C59H32F5N5. The lowest BCUT2D eigenvalue weighted by atomic mass is 9.96. The Balaban J connectivity index is 1.17. The summed E-state index contributed by atoms with van der Waals surface area (Å²) in [5.74, 6) is -10.5. The Labute approximate surface area is 390 Å². The molecule has 0 N–H and O–H groups in total. The maximum absolute atomic E-state index is 16.3. The Morgan fingerprint density at radius 2 is 0.812 bits per heavy atom. The van der Waals surface area contributed by atoms with E-state index in [4.69, 9.17) is 0 Å². The highest BCUT2D eigenvalue weighted by Gasteiger charge is 2.32. The van der Waals surface area contributed by atoms with Crippen LogP contribution in [0.25, 0.3) is 111 Å². The molecule has 5 nitrogen and oxygen atoms in total. The average molecular weight is 906 g/mol. The Hall–Kier alpha value is -9.20. The van der Waals surface area contributed by atoms with Crippen molar-refractivity contribution < 1.29 is 22.0 Å². The molecule has 328 valence electrons. The second kappa shape index (κ2) is 16.3. The first-order valence-corrected chi connectivity index (χ1v) is 22.0. The lowest BCUT2D eigenvalue weighted by molar-refractivity contribution is 0.381. The van der Waals surface area contributed by atoms with E-state index in [1.54, 1.807) is 29.1 Å². The molecule has 0 atom stereocenters. The second-order valence-electron chi connectivity index (χ2n) is 16.7. The molecule has 4 heterocycles. The molecule has 0 fully saturated rings. The van der Waals surface area contributed by atoms with Crippen LogP contribution in [0.4, 0.5) is 22.0 Å². The fourth-order valence-electron chi connectivity index (χ4n) is 9.71. The highest BCUT2D eigenvalue weighted by molar-refractivity contribution is 6.13. The van der Waals surface area contributed by atoms with Gasteiger partial charge in [0.05, 0.1) is 50.4 Å². The largest absolute Gasteiger partial charge is 0.308 e. The molecule has 0 amide bonds. The van der Waals surface area contributed by atoms with Gasteiger partial charge in [-0.25, -0.2) is 22.0 Å². The van der Waals surface area contributed by atoms with Crippen LogP contribution >= 0.6 is 0 Å². The smallest absolute Gasteiger partial charge is 0.200 e. The first-order valence-electron chi connectivity index (χ1n) is 22.0. The number of nitriles is 1. The highest BCUT2D eigenvalue weighted by Crippen LogP contribution is 2.45. The van der Waals surface area contributed by atoms with Crippen LogP contribution in [-0.4, -0.2) is 19.1 Å². The van der Waals surface area contributed by atoms with Crippen LogP contribution in [0.1, 0.15) is 5.56 Å². The van der Waals surface area contributed by atoms with Gasteiger partial charge in [-0.2, -0.15) is 5.26 Å². The van der Waals surface area contributed by atoms with Crippen molar-refractivity contribution in [2.45, 2.75) is 0 Å². The Morgan fingerprint density at radius 1 is 0.377 bits per heavy atom. The van der Waals surface area contributed by atoms with Crippen molar-refractivity contribution in [1.29, 1.82) is 5.26 Å². The minimum Gasteiger partial charge on any atom is -0.308 e. The quantitative estimate of drug-likeness (QED) is 0.0909. The van der Waals surface area contributed by atoms with E-state index in [2.05, 4.69) is 16.0 Å². The van der Waals surface area contributed by atoms with Crippen molar-refractivity contribution in [3.63, 3.8) is 0 Å². The van der Waals surface area contributed by atoms with E-state index in [0.717, 1.165) is 66.3 Å². The Kier molecular flexibility index (Phi) is 9.74. The number of rotatable bonds is 7. The first-order chi connectivity index (χ1) is 33.8. The van der Waals surface area contributed by atoms with Gasteiger partial charge in [-0.15, -0.1) is 0 Å². The van der Waals surface area contributed by atoms with Gasteiger partial charge in [-0.3, -0.25) is 9.97 Å². The third-order valence-corrected chi connectivity index (χ3v) is 12.9. The summed E-state index contributed by atoms with van der Waals surface area (Å²) in [5, 5.41) is 14.8. The summed E-state index contributed by atoms with van der Waals surface area (Å²) in [7, 11) is 0. The zero-order valence-corrected chi connectivity index (χ0v) is 36.1. The normalized spacial score (nSPS) is 11.5. The molecule has 0 saturated carbocycles. The van der Waals surface area contributed by atoms with E-state index in [1.165, 1.54) is 12.1 Å². The van der Waals surface area contributed by atoms with E-state index in [0.29, 0.717) is 27.8 Å². The number of pyridine rings is 2. The zero-order valence-electron chi connectivity index (χ0n) is 36.1. The molecule has 0 aliphatic rings. The predicted octanol–water partition coefficient (Wildman–Crippen LogP) is 15.6. The molecule has 8 aromatic carbocycles. The molecule has 12 aromatic rings. The third kappa shape index (κ3) is 6.58. The number of para-hydroxylation sites is 2. The van der Waals surface area contributed by atoms with E-state index < -0.39 is 34.6 Å². The summed E-state index contributed by atoms with van der Waals surface area (Å²) >= 11 is 0. The van der Waals surface area contributed by atoms with Crippen molar-refractivity contribution in [3.8, 4) is 73.3 Å². The van der Waals surface area contributed by atoms with Crippen molar-refractivity contribution in [2.75, 3.05) is 0 Å². The lowest BCUT2D eigenvalue weighted by Crippen LogP contribution is -2.10. The molecule has 12 rings (SSSR count). The number of fused-ring (bicyclic) bond motifs is 6. The van der Waals surface area contributed by atoms with Crippen LogP contribution in [0.3, 0.4) is 0 Å². The number of benzene rings is 8. The Morgan fingerprint density at radius 3 is 1.33 bits per heavy atom. The van der Waals surface area contributed by atoms with Gasteiger partial charge in [0.1, 0.15) is 11.6 Å². The third-order valence-electron chi connectivity index (χ3n) is 12.9. The zero-order chi connectivity index (χ0) is 46.9. The average Bonchev–Trinajstić information content (AvgIpc) is 3.92. The molecule has 10 heteroatoms. The minimum atomic E-state index is -2.28. The van der Waals surface area contributed by atoms with Crippen molar-refractivity contribution in [1.82, 2.24) is 19.1 Å². The van der Waals surface area contributed by atoms with Crippen LogP contribution in [0, 0.1) is 40.4 Å². The van der Waals surface area contributed by atoms with Gasteiger partial charge >= 0.3 is 0 Å². The van der Waals surface area contributed by atoms with Crippen LogP contribution in [0.5, 0.6) is 0 Å². The van der Waals surface area contributed by atoms with Crippen LogP contribution in [0.15, 0.2) is 194 Å². The second-order valence-corrected chi connectivity index (χ2v) is 16.7. The lowest BCUT2D eigenvalue weighted by Gasteiger charge is -2.21. The predicted molar refractivity (Wildman–Crippen MR) is 262 cm³/mol. The summed E-state index contributed by atoms with van der Waals surface area (Å²) in [6, 6.07) is 59.3. The van der Waals surface area contributed by atoms with Crippen molar-refractivity contribution >= 4 is 43.6 Å². The minimum absolute atomic E-state index is 0.0787. The number of aromatic nitrogens is 4. The maximum Gasteiger partial charge on any atom is 0.200 e. The van der Waals surface area contributed by atoms with Crippen molar-refractivity contribution in [3.05, 3.63) is 229 Å². The first kappa shape index (κ1) is 41.2.